The van der Waals surface area contributed by atoms with E-state index in [0.717, 1.165) is 41.5 Å². The maximum Gasteiger partial charge on any atom is 0.295 e. The van der Waals surface area contributed by atoms with Gasteiger partial charge in [0.15, 0.2) is 0 Å². The number of halogens is 4. The number of carbonyl (C=O) groups excluding carboxylic acids is 4. The standard InChI is InChI=1S/C27H28ClFN4O3.C22H23ClFN3O.C3H7N/c1-16-14-33(17(2)13-32(16)15-18-4-6-19(29)7-5-18)26(35)21-10-20-22(12-30-24(20)11-23(21)28)25(34)27(36)31-8-3-9-31;1-14-12-27(15(2)11-26(14)13-16-3-5-18(24)6-4-16)22(28)19-9-17-7-8-25-21(17)10-20(19)23;1-2-4-3-1/h4-7,10-12,16-17,30H,3,8-9,13-15H2,1-2H3;3-10,14-15,25H,11-13H2,1-2H3;4H,1-3H2/t16-,17+;14-,15+;/m00./s1. The van der Waals surface area contributed by atoms with Gasteiger partial charge in [-0.3, -0.25) is 29.0 Å². The third kappa shape index (κ3) is 11.0. The number of piperazine rings is 2. The van der Waals surface area contributed by atoms with Crippen LogP contribution in [0.25, 0.3) is 21.8 Å². The molecule has 358 valence electrons. The van der Waals surface area contributed by atoms with Gasteiger partial charge in [0, 0.05) is 111 Å². The van der Waals surface area contributed by atoms with Crippen LogP contribution in [0.2, 0.25) is 10.0 Å². The number of fused-ring (bicyclic) bond motifs is 2. The van der Waals surface area contributed by atoms with Gasteiger partial charge in [-0.05, 0) is 119 Å². The van der Waals surface area contributed by atoms with E-state index in [4.69, 9.17) is 23.2 Å². The van der Waals surface area contributed by atoms with Gasteiger partial charge in [-0.15, -0.1) is 0 Å². The third-order valence-corrected chi connectivity index (χ3v) is 14.1. The van der Waals surface area contributed by atoms with E-state index < -0.39 is 11.7 Å². The molecule has 12 nitrogen and oxygen atoms in total. The molecule has 0 radical (unpaired) electrons. The van der Waals surface area contributed by atoms with E-state index in [1.54, 1.807) is 29.2 Å². The molecule has 4 aliphatic heterocycles. The Labute approximate surface area is 405 Å². The number of hydrogen-bond donors (Lipinski definition) is 3. The van der Waals surface area contributed by atoms with Gasteiger partial charge in [0.05, 0.1) is 26.7 Å². The molecule has 6 aromatic rings. The van der Waals surface area contributed by atoms with E-state index in [0.29, 0.717) is 66.3 Å². The first-order valence-corrected chi connectivity index (χ1v) is 24.1. The van der Waals surface area contributed by atoms with Crippen molar-refractivity contribution < 1.29 is 28.0 Å². The second-order valence-electron chi connectivity index (χ2n) is 18.5. The third-order valence-electron chi connectivity index (χ3n) is 13.5. The number of rotatable bonds is 8. The number of ketones is 1. The summed E-state index contributed by atoms with van der Waals surface area (Å²) >= 11 is 12.9. The molecule has 0 aliphatic carbocycles. The number of nitrogens with zero attached hydrogens (tertiary/aromatic N) is 5. The van der Waals surface area contributed by atoms with Crippen molar-refractivity contribution in [3.05, 3.63) is 141 Å². The molecule has 16 heteroatoms. The molecule has 4 aromatic carbocycles. The maximum absolute atomic E-state index is 13.6. The van der Waals surface area contributed by atoms with Crippen LogP contribution in [0.3, 0.4) is 0 Å². The normalized spacial score (nSPS) is 20.7. The highest BCUT2D eigenvalue weighted by Gasteiger charge is 2.36. The SMILES string of the molecule is C1CNC1.C[C@@H]1CN(Cc2ccc(F)cc2)[C@@H](C)CN1C(=O)c1cc2c(C(=O)C(=O)N3CCC3)c[nH]c2cc1Cl.C[C@@H]1CN(Cc2ccc(F)cc2)[C@@H](C)CN1C(=O)c1cc2cc[nH]c2cc1Cl. The summed E-state index contributed by atoms with van der Waals surface area (Å²) in [6, 6.07) is 22.2. The summed E-state index contributed by atoms with van der Waals surface area (Å²) in [5, 5.41) is 5.35. The fourth-order valence-corrected chi connectivity index (χ4v) is 9.54. The molecule has 4 atom stereocenters. The van der Waals surface area contributed by atoms with Gasteiger partial charge in [0.1, 0.15) is 11.6 Å². The van der Waals surface area contributed by atoms with Gasteiger partial charge in [0.25, 0.3) is 23.5 Å². The van der Waals surface area contributed by atoms with Crippen LogP contribution in [0.4, 0.5) is 8.78 Å². The Morgan fingerprint density at radius 3 is 1.56 bits per heavy atom. The summed E-state index contributed by atoms with van der Waals surface area (Å²) in [4.78, 5) is 68.2. The Bertz CT molecular complexity index is 2770. The van der Waals surface area contributed by atoms with Crippen LogP contribution in [0.5, 0.6) is 0 Å². The highest BCUT2D eigenvalue weighted by molar-refractivity contribution is 6.45. The summed E-state index contributed by atoms with van der Waals surface area (Å²) in [7, 11) is 0. The number of likely N-dealkylation sites (tertiary alicyclic amines) is 1. The molecule has 4 aliphatic rings. The number of amides is 3. The minimum atomic E-state index is -0.585. The molecule has 4 fully saturated rings. The zero-order valence-corrected chi connectivity index (χ0v) is 40.3. The van der Waals surface area contributed by atoms with Gasteiger partial charge in [-0.2, -0.15) is 0 Å². The van der Waals surface area contributed by atoms with E-state index in [9.17, 15) is 28.0 Å². The van der Waals surface area contributed by atoms with Crippen LogP contribution < -0.4 is 5.32 Å². The van der Waals surface area contributed by atoms with Crippen molar-refractivity contribution in [3.8, 4) is 0 Å². The number of Topliss-reactive ketones (excluding diaryl/α,β-unsaturated/α-hetero) is 1. The average molecular weight is 968 g/mol. The summed E-state index contributed by atoms with van der Waals surface area (Å²) in [5.41, 5.74) is 4.70. The van der Waals surface area contributed by atoms with E-state index in [1.165, 1.54) is 54.9 Å². The first kappa shape index (κ1) is 48.8. The summed E-state index contributed by atoms with van der Waals surface area (Å²) < 4.78 is 26.4. The highest BCUT2D eigenvalue weighted by atomic mass is 35.5. The second kappa shape index (κ2) is 21.3. The molecule has 0 unspecified atom stereocenters. The number of H-pyrrole nitrogens is 2. The number of nitrogens with one attached hydrogen (secondary N) is 3. The monoisotopic (exact) mass is 966 g/mol. The average Bonchev–Trinajstić information content (AvgIpc) is 3.91. The Morgan fingerprint density at radius 1 is 0.603 bits per heavy atom. The van der Waals surface area contributed by atoms with E-state index in [1.807, 2.05) is 48.4 Å². The van der Waals surface area contributed by atoms with Crippen molar-refractivity contribution in [2.75, 3.05) is 52.4 Å². The Kier molecular flexibility index (Phi) is 15.3. The van der Waals surface area contributed by atoms with Gasteiger partial charge < -0.3 is 30.0 Å². The number of carbonyl (C=O) groups is 4. The quantitative estimate of drug-likeness (QED) is 0.103. The fraction of sp³-hybridized carbons (Fsp3) is 0.385. The number of aromatic amines is 2. The predicted octanol–water partition coefficient (Wildman–Crippen LogP) is 8.79. The Hall–Kier alpha value is -5.64. The van der Waals surface area contributed by atoms with E-state index in [2.05, 4.69) is 45.9 Å². The number of benzene rings is 4. The van der Waals surface area contributed by atoms with Crippen molar-refractivity contribution in [2.45, 2.75) is 77.8 Å². The lowest BCUT2D eigenvalue weighted by Gasteiger charge is -2.44. The molecule has 10 rings (SSSR count). The molecule has 68 heavy (non-hydrogen) atoms. The lowest BCUT2D eigenvalue weighted by atomic mass is 10.0. The lowest BCUT2D eigenvalue weighted by molar-refractivity contribution is -0.129. The molecule has 6 heterocycles. The van der Waals surface area contributed by atoms with Crippen molar-refractivity contribution in [2.24, 2.45) is 0 Å². The van der Waals surface area contributed by atoms with Crippen molar-refractivity contribution in [1.29, 1.82) is 0 Å². The molecule has 3 N–H and O–H groups in total. The van der Waals surface area contributed by atoms with Gasteiger partial charge in [-0.1, -0.05) is 47.5 Å². The first-order chi connectivity index (χ1) is 32.6. The van der Waals surface area contributed by atoms with Crippen molar-refractivity contribution in [3.63, 3.8) is 0 Å². The van der Waals surface area contributed by atoms with Gasteiger partial charge in [0.2, 0.25) is 0 Å². The minimum absolute atomic E-state index is 0.0334. The number of aromatic nitrogens is 2. The fourth-order valence-electron chi connectivity index (χ4n) is 9.05. The Balaban J connectivity index is 0.000000174. The first-order valence-electron chi connectivity index (χ1n) is 23.4. The largest absolute Gasteiger partial charge is 0.361 e. The van der Waals surface area contributed by atoms with Crippen LogP contribution in [0.15, 0.2) is 91.3 Å². The zero-order valence-electron chi connectivity index (χ0n) is 38.8. The van der Waals surface area contributed by atoms with E-state index in [-0.39, 0.29) is 58.2 Å². The van der Waals surface area contributed by atoms with Crippen molar-refractivity contribution >= 4 is 68.5 Å². The lowest BCUT2D eigenvalue weighted by Crippen LogP contribution is -2.57. The highest BCUT2D eigenvalue weighted by Crippen LogP contribution is 2.31. The molecule has 0 bridgehead atoms. The molecular weight excluding hydrogens is 910 g/mol. The topological polar surface area (TPSA) is 128 Å². The summed E-state index contributed by atoms with van der Waals surface area (Å²) in [5.74, 6) is -1.84. The van der Waals surface area contributed by atoms with E-state index >= 15 is 0 Å². The smallest absolute Gasteiger partial charge is 0.295 e. The molecule has 0 saturated carbocycles. The summed E-state index contributed by atoms with van der Waals surface area (Å²) in [6.45, 7) is 15.9. The van der Waals surface area contributed by atoms with Crippen LogP contribution >= 0.6 is 23.2 Å². The van der Waals surface area contributed by atoms with Gasteiger partial charge in [-0.25, -0.2) is 8.78 Å². The van der Waals surface area contributed by atoms with Crippen LogP contribution in [0.1, 0.15) is 82.7 Å². The van der Waals surface area contributed by atoms with Gasteiger partial charge >= 0.3 is 0 Å². The van der Waals surface area contributed by atoms with Crippen LogP contribution in [-0.4, -0.2) is 134 Å². The van der Waals surface area contributed by atoms with Crippen molar-refractivity contribution in [1.82, 2.24) is 39.8 Å². The van der Waals surface area contributed by atoms with Crippen LogP contribution in [0, 0.1) is 11.6 Å². The molecule has 3 amide bonds. The molecular formula is C52H58Cl2F2N8O4. The Morgan fingerprint density at radius 2 is 1.09 bits per heavy atom. The maximum atomic E-state index is 13.6. The molecule has 0 spiro atoms. The summed E-state index contributed by atoms with van der Waals surface area (Å²) in [6.07, 6.45) is 5.64. The van der Waals surface area contributed by atoms with Crippen LogP contribution in [-0.2, 0) is 17.9 Å². The molecule has 2 aromatic heterocycles. The predicted molar refractivity (Wildman–Crippen MR) is 263 cm³/mol. The molecule has 4 saturated heterocycles. The number of hydrogen-bond acceptors (Lipinski definition) is 7. The second-order valence-corrected chi connectivity index (χ2v) is 19.3. The zero-order chi connectivity index (χ0) is 48.2. The minimum Gasteiger partial charge on any atom is -0.361 e.